The average molecular weight is 400 g/mol. The highest BCUT2D eigenvalue weighted by Gasteiger charge is 2.25. The number of hydrogen-bond donors (Lipinski definition) is 1. The van der Waals surface area contributed by atoms with Crippen LogP contribution < -0.4 is 4.74 Å². The molecule has 0 saturated heterocycles. The van der Waals surface area contributed by atoms with E-state index in [0.717, 1.165) is 25.8 Å². The van der Waals surface area contributed by atoms with Crippen molar-refractivity contribution in [1.82, 2.24) is 0 Å². The number of halogens is 2. The molecule has 2 nitrogen and oxygen atoms in total. The first kappa shape index (κ1) is 15.5. The topological polar surface area (TPSA) is 29.5 Å². The SMILES string of the molecule is COc1ccc(Br)c(CC(C)(O)c2cccc(Br)c2)c1. The van der Waals surface area contributed by atoms with Gasteiger partial charge in [-0.1, -0.05) is 44.0 Å². The zero-order chi connectivity index (χ0) is 14.8. The Labute approximate surface area is 136 Å². The number of ether oxygens (including phenoxy) is 1. The average Bonchev–Trinajstić information content (AvgIpc) is 2.41. The van der Waals surface area contributed by atoms with Crippen molar-refractivity contribution in [2.75, 3.05) is 7.11 Å². The van der Waals surface area contributed by atoms with Crippen molar-refractivity contribution in [2.24, 2.45) is 0 Å². The summed E-state index contributed by atoms with van der Waals surface area (Å²) in [6, 6.07) is 13.5. The molecule has 0 aromatic heterocycles. The van der Waals surface area contributed by atoms with Gasteiger partial charge in [0.25, 0.3) is 0 Å². The molecule has 1 atom stereocenters. The van der Waals surface area contributed by atoms with Gasteiger partial charge in [-0.15, -0.1) is 0 Å². The molecule has 1 N–H and O–H groups in total. The summed E-state index contributed by atoms with van der Waals surface area (Å²) in [7, 11) is 1.64. The highest BCUT2D eigenvalue weighted by molar-refractivity contribution is 9.10. The van der Waals surface area contributed by atoms with Crippen LogP contribution in [0.15, 0.2) is 51.4 Å². The molecule has 1 unspecified atom stereocenters. The Morgan fingerprint density at radius 3 is 2.55 bits per heavy atom. The van der Waals surface area contributed by atoms with E-state index in [0.29, 0.717) is 6.42 Å². The van der Waals surface area contributed by atoms with Crippen LogP contribution in [0.25, 0.3) is 0 Å². The molecule has 0 aliphatic heterocycles. The van der Waals surface area contributed by atoms with Gasteiger partial charge in [-0.2, -0.15) is 0 Å². The van der Waals surface area contributed by atoms with Crippen LogP contribution in [-0.4, -0.2) is 12.2 Å². The molecule has 20 heavy (non-hydrogen) atoms. The first-order valence-corrected chi connectivity index (χ1v) is 7.82. The zero-order valence-electron chi connectivity index (χ0n) is 11.4. The van der Waals surface area contributed by atoms with Crippen LogP contribution in [0, 0.1) is 0 Å². The Hall–Kier alpha value is -0.840. The Kier molecular flexibility index (Phi) is 4.89. The molecule has 0 saturated carbocycles. The first-order valence-electron chi connectivity index (χ1n) is 6.23. The van der Waals surface area contributed by atoms with E-state index in [4.69, 9.17) is 4.74 Å². The van der Waals surface area contributed by atoms with Crippen molar-refractivity contribution in [3.63, 3.8) is 0 Å². The molecule has 4 heteroatoms. The second-order valence-electron chi connectivity index (χ2n) is 4.92. The molecule has 0 spiro atoms. The standard InChI is InChI=1S/C16H16Br2O2/c1-16(19,12-4-3-5-13(17)9-12)10-11-8-14(20-2)6-7-15(11)18/h3-9,19H,10H2,1-2H3. The van der Waals surface area contributed by atoms with Crippen LogP contribution in [0.4, 0.5) is 0 Å². The number of methoxy groups -OCH3 is 1. The van der Waals surface area contributed by atoms with Gasteiger partial charge in [0.2, 0.25) is 0 Å². The van der Waals surface area contributed by atoms with Crippen LogP contribution in [0.2, 0.25) is 0 Å². The van der Waals surface area contributed by atoms with Crippen molar-refractivity contribution >= 4 is 31.9 Å². The van der Waals surface area contributed by atoms with E-state index in [-0.39, 0.29) is 0 Å². The maximum Gasteiger partial charge on any atom is 0.119 e. The molecule has 2 aromatic rings. The molecule has 2 rings (SSSR count). The highest BCUT2D eigenvalue weighted by atomic mass is 79.9. The quantitative estimate of drug-likeness (QED) is 0.809. The molecular formula is C16H16Br2O2. The smallest absolute Gasteiger partial charge is 0.119 e. The Morgan fingerprint density at radius 2 is 1.90 bits per heavy atom. The molecule has 106 valence electrons. The maximum atomic E-state index is 10.8. The molecule has 0 amide bonds. The third-order valence-corrected chi connectivity index (χ3v) is 4.50. The van der Waals surface area contributed by atoms with Crippen molar-refractivity contribution in [3.05, 3.63) is 62.5 Å². The van der Waals surface area contributed by atoms with Gasteiger partial charge in [0.1, 0.15) is 5.75 Å². The summed E-state index contributed by atoms with van der Waals surface area (Å²) in [6.07, 6.45) is 0.501. The van der Waals surface area contributed by atoms with Gasteiger partial charge >= 0.3 is 0 Å². The largest absolute Gasteiger partial charge is 0.497 e. The maximum absolute atomic E-state index is 10.8. The molecule has 0 heterocycles. The minimum atomic E-state index is -0.946. The molecular weight excluding hydrogens is 384 g/mol. The van der Waals surface area contributed by atoms with E-state index in [1.165, 1.54) is 0 Å². The number of benzene rings is 2. The molecule has 0 bridgehead atoms. The van der Waals surface area contributed by atoms with Gasteiger partial charge in [0.05, 0.1) is 12.7 Å². The monoisotopic (exact) mass is 398 g/mol. The van der Waals surface area contributed by atoms with Gasteiger partial charge in [0, 0.05) is 15.4 Å². The summed E-state index contributed by atoms with van der Waals surface area (Å²) >= 11 is 6.96. The summed E-state index contributed by atoms with van der Waals surface area (Å²) < 4.78 is 7.16. The number of aliphatic hydroxyl groups is 1. The molecule has 0 fully saturated rings. The van der Waals surface area contributed by atoms with Crippen molar-refractivity contribution < 1.29 is 9.84 Å². The molecule has 0 aliphatic rings. The molecule has 2 aromatic carbocycles. The number of hydrogen-bond acceptors (Lipinski definition) is 2. The van der Waals surface area contributed by atoms with Crippen LogP contribution in [0.5, 0.6) is 5.75 Å². The van der Waals surface area contributed by atoms with Crippen LogP contribution in [0.1, 0.15) is 18.1 Å². The van der Waals surface area contributed by atoms with Gasteiger partial charge in [-0.25, -0.2) is 0 Å². The van der Waals surface area contributed by atoms with E-state index >= 15 is 0 Å². The van der Waals surface area contributed by atoms with Gasteiger partial charge < -0.3 is 9.84 Å². The van der Waals surface area contributed by atoms with E-state index < -0.39 is 5.60 Å². The molecule has 0 aliphatic carbocycles. The number of rotatable bonds is 4. The van der Waals surface area contributed by atoms with Crippen LogP contribution in [-0.2, 0) is 12.0 Å². The third kappa shape index (κ3) is 3.62. The second-order valence-corrected chi connectivity index (χ2v) is 6.69. The summed E-state index contributed by atoms with van der Waals surface area (Å²) in [5.41, 5.74) is 0.939. The second kappa shape index (κ2) is 6.29. The van der Waals surface area contributed by atoms with Gasteiger partial charge in [-0.3, -0.25) is 0 Å². The fourth-order valence-corrected chi connectivity index (χ4v) is 2.90. The summed E-state index contributed by atoms with van der Waals surface area (Å²) in [5.74, 6) is 0.785. The van der Waals surface area contributed by atoms with Crippen molar-refractivity contribution in [3.8, 4) is 5.75 Å². The Balaban J connectivity index is 2.32. The van der Waals surface area contributed by atoms with E-state index in [1.54, 1.807) is 7.11 Å². The summed E-state index contributed by atoms with van der Waals surface area (Å²) in [6.45, 7) is 1.82. The first-order chi connectivity index (χ1) is 9.42. The van der Waals surface area contributed by atoms with Gasteiger partial charge in [0.15, 0.2) is 0 Å². The predicted octanol–water partition coefficient (Wildman–Crippen LogP) is 4.67. The minimum Gasteiger partial charge on any atom is -0.497 e. The Morgan fingerprint density at radius 1 is 1.15 bits per heavy atom. The van der Waals surface area contributed by atoms with Crippen LogP contribution >= 0.6 is 31.9 Å². The third-order valence-electron chi connectivity index (χ3n) is 3.23. The molecule has 0 radical (unpaired) electrons. The van der Waals surface area contributed by atoms with Crippen molar-refractivity contribution in [1.29, 1.82) is 0 Å². The lowest BCUT2D eigenvalue weighted by atomic mass is 9.89. The van der Waals surface area contributed by atoms with Crippen molar-refractivity contribution in [2.45, 2.75) is 18.9 Å². The van der Waals surface area contributed by atoms with E-state index in [1.807, 2.05) is 49.4 Å². The Bertz CT molecular complexity index is 609. The minimum absolute atomic E-state index is 0.501. The highest BCUT2D eigenvalue weighted by Crippen LogP contribution is 2.31. The lowest BCUT2D eigenvalue weighted by Gasteiger charge is -2.25. The van der Waals surface area contributed by atoms with E-state index in [2.05, 4.69) is 31.9 Å². The lowest BCUT2D eigenvalue weighted by molar-refractivity contribution is 0.0573. The normalized spacial score (nSPS) is 13.8. The summed E-state index contributed by atoms with van der Waals surface area (Å²) in [4.78, 5) is 0. The lowest BCUT2D eigenvalue weighted by Crippen LogP contribution is -2.24. The zero-order valence-corrected chi connectivity index (χ0v) is 14.5. The van der Waals surface area contributed by atoms with E-state index in [9.17, 15) is 5.11 Å². The fourth-order valence-electron chi connectivity index (χ4n) is 2.11. The van der Waals surface area contributed by atoms with Gasteiger partial charge in [-0.05, 0) is 48.4 Å². The fraction of sp³-hybridized carbons (Fsp3) is 0.250. The predicted molar refractivity (Wildman–Crippen MR) is 88.1 cm³/mol. The van der Waals surface area contributed by atoms with Crippen LogP contribution in [0.3, 0.4) is 0 Å². The summed E-state index contributed by atoms with van der Waals surface area (Å²) in [5, 5.41) is 10.8.